The van der Waals surface area contributed by atoms with E-state index in [1.165, 1.54) is 6.92 Å². The summed E-state index contributed by atoms with van der Waals surface area (Å²) in [5.41, 5.74) is 0. The molecule has 0 heterocycles. The Kier molecular flexibility index (Phi) is 3.56. The van der Waals surface area contributed by atoms with Crippen LogP contribution in [0.1, 0.15) is 6.92 Å². The van der Waals surface area contributed by atoms with Gasteiger partial charge in [0.1, 0.15) is 6.10 Å². The SMILES string of the molecule is CC(O)C(=O)OCCl. The van der Waals surface area contributed by atoms with Crippen LogP contribution in [0.15, 0.2) is 0 Å². The molecule has 0 aliphatic rings. The Bertz CT molecular complexity index is 81.4. The van der Waals surface area contributed by atoms with Crippen molar-refractivity contribution in [1.29, 1.82) is 0 Å². The molecule has 0 spiro atoms. The van der Waals surface area contributed by atoms with Crippen LogP contribution in [0.3, 0.4) is 0 Å². The number of carbonyl (C=O) groups is 1. The zero-order valence-electron chi connectivity index (χ0n) is 4.43. The van der Waals surface area contributed by atoms with Crippen LogP contribution in [0.2, 0.25) is 0 Å². The number of hydrogen-bond donors (Lipinski definition) is 1. The second kappa shape index (κ2) is 3.69. The zero-order valence-corrected chi connectivity index (χ0v) is 5.18. The Morgan fingerprint density at radius 2 is 2.50 bits per heavy atom. The van der Waals surface area contributed by atoms with Gasteiger partial charge in [-0.2, -0.15) is 0 Å². The van der Waals surface area contributed by atoms with Crippen LogP contribution in [0.4, 0.5) is 0 Å². The van der Waals surface area contributed by atoms with Gasteiger partial charge in [-0.1, -0.05) is 11.6 Å². The van der Waals surface area contributed by atoms with Crippen molar-refractivity contribution in [2.75, 3.05) is 6.07 Å². The van der Waals surface area contributed by atoms with Gasteiger partial charge < -0.3 is 9.84 Å². The number of aliphatic hydroxyl groups is 1. The fourth-order valence-electron chi connectivity index (χ4n) is 0.174. The molecule has 0 fully saturated rings. The lowest BCUT2D eigenvalue weighted by atomic mass is 10.4. The molecule has 0 saturated carbocycles. The summed E-state index contributed by atoms with van der Waals surface area (Å²) in [6.45, 7) is 1.31. The molecular weight excluding hydrogens is 131 g/mol. The van der Waals surface area contributed by atoms with E-state index >= 15 is 0 Å². The first-order chi connectivity index (χ1) is 3.68. The average Bonchev–Trinajstić information content (AvgIpc) is 1.67. The highest BCUT2D eigenvalue weighted by molar-refractivity contribution is 6.17. The minimum atomic E-state index is -1.08. The maximum Gasteiger partial charge on any atom is 0.335 e. The lowest BCUT2D eigenvalue weighted by Crippen LogP contribution is -2.18. The number of carbonyl (C=O) groups excluding carboxylic acids is 1. The van der Waals surface area contributed by atoms with Crippen LogP contribution in [0, 0.1) is 0 Å². The van der Waals surface area contributed by atoms with Crippen LogP contribution in [0.5, 0.6) is 0 Å². The van der Waals surface area contributed by atoms with Gasteiger partial charge in [-0.25, -0.2) is 4.79 Å². The van der Waals surface area contributed by atoms with Gasteiger partial charge in [0.2, 0.25) is 0 Å². The fraction of sp³-hybridized carbons (Fsp3) is 0.750. The molecule has 0 aromatic rings. The Morgan fingerprint density at radius 3 is 2.62 bits per heavy atom. The topological polar surface area (TPSA) is 46.5 Å². The van der Waals surface area contributed by atoms with Gasteiger partial charge >= 0.3 is 5.97 Å². The summed E-state index contributed by atoms with van der Waals surface area (Å²) in [5.74, 6) is -0.694. The molecule has 0 bridgehead atoms. The van der Waals surface area contributed by atoms with E-state index in [-0.39, 0.29) is 6.07 Å². The molecule has 0 amide bonds. The van der Waals surface area contributed by atoms with E-state index in [2.05, 4.69) is 4.74 Å². The highest BCUT2D eigenvalue weighted by atomic mass is 35.5. The lowest BCUT2D eigenvalue weighted by Gasteiger charge is -2.00. The van der Waals surface area contributed by atoms with E-state index in [0.29, 0.717) is 0 Å². The molecule has 0 aliphatic heterocycles. The van der Waals surface area contributed by atoms with Crippen LogP contribution in [-0.4, -0.2) is 23.2 Å². The third kappa shape index (κ3) is 2.82. The third-order valence-corrected chi connectivity index (χ3v) is 0.647. The van der Waals surface area contributed by atoms with E-state index in [0.717, 1.165) is 0 Å². The van der Waals surface area contributed by atoms with Gasteiger partial charge in [-0.3, -0.25) is 0 Å². The molecule has 8 heavy (non-hydrogen) atoms. The smallest absolute Gasteiger partial charge is 0.335 e. The minimum absolute atomic E-state index is 0.205. The molecule has 4 heteroatoms. The summed E-state index contributed by atoms with van der Waals surface area (Å²) < 4.78 is 4.18. The van der Waals surface area contributed by atoms with Crippen molar-refractivity contribution in [3.8, 4) is 0 Å². The number of ether oxygens (including phenoxy) is 1. The van der Waals surface area contributed by atoms with E-state index < -0.39 is 12.1 Å². The van der Waals surface area contributed by atoms with Crippen LogP contribution in [-0.2, 0) is 9.53 Å². The van der Waals surface area contributed by atoms with Gasteiger partial charge in [0.05, 0.1) is 0 Å². The standard InChI is InChI=1S/C4H7ClO3/c1-3(6)4(7)8-2-5/h3,6H,2H2,1H3. The Hall–Kier alpha value is -0.280. The van der Waals surface area contributed by atoms with Gasteiger partial charge in [0, 0.05) is 0 Å². The number of halogens is 1. The first kappa shape index (κ1) is 7.72. The quantitative estimate of drug-likeness (QED) is 0.435. The number of esters is 1. The van der Waals surface area contributed by atoms with Crippen molar-refractivity contribution < 1.29 is 14.6 Å². The molecule has 0 saturated heterocycles. The fourth-order valence-corrected chi connectivity index (χ4v) is 0.282. The van der Waals surface area contributed by atoms with Crippen molar-refractivity contribution in [3.05, 3.63) is 0 Å². The summed E-state index contributed by atoms with van der Waals surface area (Å²) in [5, 5.41) is 8.42. The number of aliphatic hydroxyl groups excluding tert-OH is 1. The average molecular weight is 139 g/mol. The predicted octanol–water partition coefficient (Wildman–Crippen LogP) is 0.107. The summed E-state index contributed by atoms with van der Waals surface area (Å²) in [6.07, 6.45) is -1.08. The van der Waals surface area contributed by atoms with Crippen LogP contribution >= 0.6 is 11.6 Å². The molecule has 1 unspecified atom stereocenters. The highest BCUT2D eigenvalue weighted by Crippen LogP contribution is 1.86. The van der Waals surface area contributed by atoms with Gasteiger partial charge in [0.15, 0.2) is 6.07 Å². The summed E-state index contributed by atoms with van der Waals surface area (Å²) in [7, 11) is 0. The predicted molar refractivity (Wildman–Crippen MR) is 28.5 cm³/mol. The maximum absolute atomic E-state index is 10.2. The monoisotopic (exact) mass is 138 g/mol. The molecule has 0 aromatic carbocycles. The molecule has 0 rings (SSSR count). The Labute approximate surface area is 52.2 Å². The van der Waals surface area contributed by atoms with Crippen molar-refractivity contribution in [3.63, 3.8) is 0 Å². The summed E-state index contributed by atoms with van der Waals surface area (Å²) in [6, 6.07) is -0.205. The van der Waals surface area contributed by atoms with Crippen molar-refractivity contribution in [1.82, 2.24) is 0 Å². The van der Waals surface area contributed by atoms with E-state index in [1.807, 2.05) is 0 Å². The number of alkyl halides is 1. The molecule has 48 valence electrons. The minimum Gasteiger partial charge on any atom is -0.447 e. The Morgan fingerprint density at radius 1 is 2.00 bits per heavy atom. The lowest BCUT2D eigenvalue weighted by molar-refractivity contribution is -0.150. The summed E-state index contributed by atoms with van der Waals surface area (Å²) in [4.78, 5) is 10.2. The molecule has 0 aromatic heterocycles. The summed E-state index contributed by atoms with van der Waals surface area (Å²) >= 11 is 4.99. The first-order valence-corrected chi connectivity index (χ1v) is 2.62. The van der Waals surface area contributed by atoms with Gasteiger partial charge in [0.25, 0.3) is 0 Å². The van der Waals surface area contributed by atoms with E-state index in [9.17, 15) is 4.79 Å². The molecule has 0 radical (unpaired) electrons. The van der Waals surface area contributed by atoms with E-state index in [4.69, 9.17) is 16.7 Å². The Balaban J connectivity index is 3.33. The third-order valence-electron chi connectivity index (χ3n) is 0.538. The van der Waals surface area contributed by atoms with Crippen LogP contribution < -0.4 is 0 Å². The first-order valence-electron chi connectivity index (χ1n) is 2.09. The van der Waals surface area contributed by atoms with Gasteiger partial charge in [-0.15, -0.1) is 0 Å². The number of hydrogen-bond acceptors (Lipinski definition) is 3. The largest absolute Gasteiger partial charge is 0.447 e. The normalized spacial score (nSPS) is 12.9. The molecular formula is C4H7ClO3. The van der Waals surface area contributed by atoms with E-state index in [1.54, 1.807) is 0 Å². The second-order valence-electron chi connectivity index (χ2n) is 1.25. The zero-order chi connectivity index (χ0) is 6.57. The van der Waals surface area contributed by atoms with Crippen molar-refractivity contribution >= 4 is 17.6 Å². The molecule has 0 aliphatic carbocycles. The number of rotatable bonds is 2. The second-order valence-corrected chi connectivity index (χ2v) is 1.47. The maximum atomic E-state index is 10.2. The highest BCUT2D eigenvalue weighted by Gasteiger charge is 2.07. The van der Waals surface area contributed by atoms with Crippen LogP contribution in [0.25, 0.3) is 0 Å². The van der Waals surface area contributed by atoms with Crippen molar-refractivity contribution in [2.45, 2.75) is 13.0 Å². The molecule has 1 atom stereocenters. The van der Waals surface area contributed by atoms with Gasteiger partial charge in [-0.05, 0) is 6.92 Å². The molecule has 3 nitrogen and oxygen atoms in total. The molecule has 1 N–H and O–H groups in total. The van der Waals surface area contributed by atoms with Crippen molar-refractivity contribution in [2.24, 2.45) is 0 Å².